The molecule has 0 saturated carbocycles. The lowest BCUT2D eigenvalue weighted by Crippen LogP contribution is -2.44. The quantitative estimate of drug-likeness (QED) is 0.913. The third kappa shape index (κ3) is 2.93. The van der Waals surface area contributed by atoms with E-state index >= 15 is 0 Å². The molecule has 0 aromatic carbocycles. The number of thiophene rings is 1. The number of amides is 1. The Morgan fingerprint density at radius 3 is 3.00 bits per heavy atom. The molecule has 4 heteroatoms. The van der Waals surface area contributed by atoms with Crippen LogP contribution in [0.25, 0.3) is 0 Å². The van der Waals surface area contributed by atoms with Crippen LogP contribution in [0, 0.1) is 5.92 Å². The molecular weight excluding hydrogens is 244 g/mol. The molecule has 3 nitrogen and oxygen atoms in total. The number of nitrogens with zero attached hydrogens (tertiary/aromatic N) is 1. The first-order chi connectivity index (χ1) is 8.61. The summed E-state index contributed by atoms with van der Waals surface area (Å²) in [5, 5.41) is 0. The van der Waals surface area contributed by atoms with Crippen LogP contribution < -0.4 is 5.73 Å². The molecule has 0 radical (unpaired) electrons. The number of rotatable bonds is 3. The summed E-state index contributed by atoms with van der Waals surface area (Å²) in [5.41, 5.74) is 5.96. The summed E-state index contributed by atoms with van der Waals surface area (Å²) in [6.45, 7) is 5.85. The molecule has 0 spiro atoms. The Balaban J connectivity index is 2.04. The summed E-state index contributed by atoms with van der Waals surface area (Å²) in [6, 6.07) is 4.20. The van der Waals surface area contributed by atoms with Gasteiger partial charge >= 0.3 is 0 Å². The molecule has 2 atom stereocenters. The van der Waals surface area contributed by atoms with Crippen LogP contribution in [0.5, 0.6) is 0 Å². The Hall–Kier alpha value is -0.870. The fraction of sp³-hybridized carbons (Fsp3) is 0.643. The third-order valence-electron chi connectivity index (χ3n) is 3.71. The van der Waals surface area contributed by atoms with E-state index < -0.39 is 0 Å². The summed E-state index contributed by atoms with van der Waals surface area (Å²) in [5.74, 6) is 0.637. The van der Waals surface area contributed by atoms with Gasteiger partial charge in [-0.25, -0.2) is 0 Å². The minimum absolute atomic E-state index is 0.176. The number of aryl methyl sites for hydroxylation is 1. The summed E-state index contributed by atoms with van der Waals surface area (Å²) in [4.78, 5) is 16.5. The van der Waals surface area contributed by atoms with Crippen LogP contribution in [0.3, 0.4) is 0 Å². The molecule has 1 fully saturated rings. The van der Waals surface area contributed by atoms with Crippen molar-refractivity contribution in [3.8, 4) is 0 Å². The summed E-state index contributed by atoms with van der Waals surface area (Å²) in [7, 11) is 0. The maximum absolute atomic E-state index is 12.4. The number of hydrogen-bond acceptors (Lipinski definition) is 3. The lowest BCUT2D eigenvalue weighted by atomic mass is 9.92. The van der Waals surface area contributed by atoms with Crippen molar-refractivity contribution in [3.63, 3.8) is 0 Å². The summed E-state index contributed by atoms with van der Waals surface area (Å²) < 4.78 is 0. The van der Waals surface area contributed by atoms with Crippen LogP contribution in [0.4, 0.5) is 0 Å². The van der Waals surface area contributed by atoms with E-state index in [1.807, 2.05) is 17.9 Å². The van der Waals surface area contributed by atoms with E-state index in [0.717, 1.165) is 37.2 Å². The van der Waals surface area contributed by atoms with Crippen LogP contribution in [0.1, 0.15) is 41.2 Å². The predicted octanol–water partition coefficient (Wildman–Crippen LogP) is 2.51. The monoisotopic (exact) mass is 266 g/mol. The van der Waals surface area contributed by atoms with E-state index in [1.54, 1.807) is 11.3 Å². The average molecular weight is 266 g/mol. The Morgan fingerprint density at radius 1 is 1.61 bits per heavy atom. The molecule has 0 aliphatic carbocycles. The van der Waals surface area contributed by atoms with E-state index in [1.165, 1.54) is 4.88 Å². The fourth-order valence-electron chi connectivity index (χ4n) is 2.46. The fourth-order valence-corrected chi connectivity index (χ4v) is 3.38. The molecule has 2 rings (SSSR count). The zero-order valence-electron chi connectivity index (χ0n) is 11.2. The van der Waals surface area contributed by atoms with E-state index in [9.17, 15) is 4.79 Å². The van der Waals surface area contributed by atoms with Crippen LogP contribution >= 0.6 is 11.3 Å². The molecule has 1 aromatic rings. The lowest BCUT2D eigenvalue weighted by Gasteiger charge is -2.34. The zero-order valence-corrected chi connectivity index (χ0v) is 12.0. The number of piperidine rings is 1. The highest BCUT2D eigenvalue weighted by Gasteiger charge is 2.26. The molecule has 2 N–H and O–H groups in total. The smallest absolute Gasteiger partial charge is 0.263 e. The normalized spacial score (nSPS) is 21.9. The van der Waals surface area contributed by atoms with Crippen molar-refractivity contribution in [1.29, 1.82) is 0 Å². The average Bonchev–Trinajstić information content (AvgIpc) is 2.86. The molecule has 100 valence electrons. The SMILES string of the molecule is CCc1ccc(C(=O)N2CCC[C@H]([C@H](C)N)C2)s1. The van der Waals surface area contributed by atoms with Gasteiger partial charge in [-0.15, -0.1) is 11.3 Å². The Bertz CT molecular complexity index is 414. The minimum atomic E-state index is 0.176. The highest BCUT2D eigenvalue weighted by Crippen LogP contribution is 2.23. The Kier molecular flexibility index (Phi) is 4.40. The van der Waals surface area contributed by atoms with Crippen LogP contribution in [0.2, 0.25) is 0 Å². The Morgan fingerprint density at radius 2 is 2.39 bits per heavy atom. The first-order valence-electron chi connectivity index (χ1n) is 6.75. The Labute approximate surface area is 113 Å². The molecular formula is C14H22N2OS. The number of carbonyl (C=O) groups excluding carboxylic acids is 1. The molecule has 18 heavy (non-hydrogen) atoms. The van der Waals surface area contributed by atoms with Gasteiger partial charge in [-0.05, 0) is 44.2 Å². The van der Waals surface area contributed by atoms with Crippen LogP contribution in [-0.4, -0.2) is 29.9 Å². The lowest BCUT2D eigenvalue weighted by molar-refractivity contribution is 0.0666. The van der Waals surface area contributed by atoms with Gasteiger partial charge in [0.1, 0.15) is 0 Å². The van der Waals surface area contributed by atoms with E-state index in [4.69, 9.17) is 5.73 Å². The highest BCUT2D eigenvalue weighted by atomic mass is 32.1. The topological polar surface area (TPSA) is 46.3 Å². The molecule has 1 saturated heterocycles. The molecule has 0 unspecified atom stereocenters. The number of nitrogens with two attached hydrogens (primary N) is 1. The van der Waals surface area contributed by atoms with Crippen molar-refractivity contribution < 1.29 is 4.79 Å². The largest absolute Gasteiger partial charge is 0.338 e. The second-order valence-electron chi connectivity index (χ2n) is 5.13. The maximum Gasteiger partial charge on any atom is 0.263 e. The van der Waals surface area contributed by atoms with Gasteiger partial charge in [0.05, 0.1) is 4.88 Å². The van der Waals surface area contributed by atoms with Crippen molar-refractivity contribution in [2.45, 2.75) is 39.2 Å². The van der Waals surface area contributed by atoms with Gasteiger partial charge in [-0.2, -0.15) is 0 Å². The molecule has 1 aliphatic heterocycles. The third-order valence-corrected chi connectivity index (χ3v) is 4.93. The van der Waals surface area contributed by atoms with Gasteiger partial charge in [0.2, 0.25) is 0 Å². The second kappa shape index (κ2) is 5.85. The van der Waals surface area contributed by atoms with Crippen molar-refractivity contribution in [3.05, 3.63) is 21.9 Å². The number of carbonyl (C=O) groups is 1. The summed E-state index contributed by atoms with van der Waals surface area (Å²) in [6.07, 6.45) is 3.22. The van der Waals surface area contributed by atoms with Crippen molar-refractivity contribution in [1.82, 2.24) is 4.90 Å². The van der Waals surface area contributed by atoms with Gasteiger partial charge in [0, 0.05) is 24.0 Å². The predicted molar refractivity (Wildman–Crippen MR) is 76.0 cm³/mol. The second-order valence-corrected chi connectivity index (χ2v) is 6.30. The van der Waals surface area contributed by atoms with Crippen molar-refractivity contribution in [2.75, 3.05) is 13.1 Å². The highest BCUT2D eigenvalue weighted by molar-refractivity contribution is 7.14. The van der Waals surface area contributed by atoms with Crippen LogP contribution in [0.15, 0.2) is 12.1 Å². The molecule has 1 amide bonds. The van der Waals surface area contributed by atoms with Crippen molar-refractivity contribution in [2.24, 2.45) is 11.7 Å². The molecule has 0 bridgehead atoms. The van der Waals surface area contributed by atoms with Gasteiger partial charge in [0.25, 0.3) is 5.91 Å². The molecule has 1 aliphatic rings. The van der Waals surface area contributed by atoms with Gasteiger partial charge in [0.15, 0.2) is 0 Å². The standard InChI is InChI=1S/C14H22N2OS/c1-3-12-6-7-13(18-12)14(17)16-8-4-5-11(9-16)10(2)15/h6-7,10-11H,3-5,8-9,15H2,1-2H3/t10-,11-/m0/s1. The minimum Gasteiger partial charge on any atom is -0.338 e. The summed E-state index contributed by atoms with van der Waals surface area (Å²) >= 11 is 1.62. The van der Waals surface area contributed by atoms with Crippen LogP contribution in [-0.2, 0) is 6.42 Å². The molecule has 2 heterocycles. The number of likely N-dealkylation sites (tertiary alicyclic amines) is 1. The van der Waals surface area contributed by atoms with E-state index in [0.29, 0.717) is 5.92 Å². The maximum atomic E-state index is 12.4. The van der Waals surface area contributed by atoms with E-state index in [2.05, 4.69) is 13.0 Å². The zero-order chi connectivity index (χ0) is 13.1. The van der Waals surface area contributed by atoms with Gasteiger partial charge in [-0.3, -0.25) is 4.79 Å². The molecule has 1 aromatic heterocycles. The van der Waals surface area contributed by atoms with Crippen molar-refractivity contribution >= 4 is 17.2 Å². The number of hydrogen-bond donors (Lipinski definition) is 1. The van der Waals surface area contributed by atoms with E-state index in [-0.39, 0.29) is 11.9 Å². The first kappa shape index (κ1) is 13.6. The van der Waals surface area contributed by atoms with Gasteiger partial charge in [-0.1, -0.05) is 6.92 Å². The first-order valence-corrected chi connectivity index (χ1v) is 7.57. The van der Waals surface area contributed by atoms with Gasteiger partial charge < -0.3 is 10.6 Å².